The summed E-state index contributed by atoms with van der Waals surface area (Å²) in [6, 6.07) is 14.8. The Morgan fingerprint density at radius 3 is 2.72 bits per heavy atom. The van der Waals surface area contributed by atoms with Crippen LogP contribution in [0.15, 0.2) is 36.4 Å². The molecule has 0 atom stereocenters. The minimum atomic E-state index is 0.319. The zero-order valence-electron chi connectivity index (χ0n) is 15.5. The maximum absolute atomic E-state index is 9.73. The van der Waals surface area contributed by atoms with Crippen LogP contribution in [0.4, 0.5) is 5.82 Å². The number of hydrogen-bond donors (Lipinski definition) is 0. The molecule has 1 saturated heterocycles. The van der Waals surface area contributed by atoms with E-state index in [1.165, 1.54) is 16.9 Å². The van der Waals surface area contributed by atoms with Crippen molar-refractivity contribution in [3.63, 3.8) is 0 Å². The van der Waals surface area contributed by atoms with Gasteiger partial charge in [0.25, 0.3) is 0 Å². The zero-order chi connectivity index (χ0) is 19.8. The summed E-state index contributed by atoms with van der Waals surface area (Å²) in [4.78, 5) is 7.87. The Morgan fingerprint density at radius 2 is 1.97 bits per heavy atom. The first-order chi connectivity index (χ1) is 14.2. The molecule has 0 unspecified atom stereocenters. The number of halogens is 1. The van der Waals surface area contributed by atoms with Crippen molar-refractivity contribution in [2.24, 2.45) is 5.92 Å². The molecule has 8 heteroatoms. The van der Waals surface area contributed by atoms with E-state index in [0.717, 1.165) is 53.1 Å². The summed E-state index contributed by atoms with van der Waals surface area (Å²) in [5, 5.41) is 22.5. The van der Waals surface area contributed by atoms with Crippen molar-refractivity contribution in [1.29, 1.82) is 5.26 Å². The van der Waals surface area contributed by atoms with Crippen LogP contribution in [-0.2, 0) is 6.42 Å². The number of anilines is 1. The number of hydrogen-bond acceptors (Lipinski definition) is 7. The average Bonchev–Trinajstić information content (AvgIpc) is 3.13. The lowest BCUT2D eigenvalue weighted by atomic mass is 9.90. The Labute approximate surface area is 176 Å². The number of nitriles is 1. The minimum Gasteiger partial charge on any atom is -0.355 e. The molecule has 1 aliphatic heterocycles. The molecule has 4 heterocycles. The van der Waals surface area contributed by atoms with E-state index in [1.807, 2.05) is 6.07 Å². The highest BCUT2D eigenvalue weighted by Crippen LogP contribution is 2.37. The lowest BCUT2D eigenvalue weighted by molar-refractivity contribution is 0.402. The molecular weight excluding hydrogens is 404 g/mol. The van der Waals surface area contributed by atoms with Gasteiger partial charge in [0, 0.05) is 18.5 Å². The van der Waals surface area contributed by atoms with E-state index in [9.17, 15) is 5.26 Å². The van der Waals surface area contributed by atoms with Crippen molar-refractivity contribution in [2.75, 3.05) is 18.0 Å². The third-order valence-electron chi connectivity index (χ3n) is 5.50. The van der Waals surface area contributed by atoms with Crippen LogP contribution in [0, 0.1) is 17.2 Å². The topological polar surface area (TPSA) is 78.6 Å². The average molecular weight is 421 g/mol. The molecule has 0 radical (unpaired) electrons. The fraction of sp³-hybridized carbons (Fsp3) is 0.286. The Hall–Kier alpha value is -2.82. The van der Waals surface area contributed by atoms with E-state index in [-0.39, 0.29) is 0 Å². The monoisotopic (exact) mass is 420 g/mol. The van der Waals surface area contributed by atoms with Crippen molar-refractivity contribution < 1.29 is 0 Å². The molecule has 1 fully saturated rings. The van der Waals surface area contributed by atoms with Gasteiger partial charge in [-0.2, -0.15) is 5.26 Å². The van der Waals surface area contributed by atoms with Crippen molar-refractivity contribution in [2.45, 2.75) is 19.3 Å². The summed E-state index contributed by atoms with van der Waals surface area (Å²) in [5.41, 5.74) is 2.61. The quantitative estimate of drug-likeness (QED) is 0.481. The summed E-state index contributed by atoms with van der Waals surface area (Å²) in [7, 11) is 0. The number of thiophene rings is 1. The fourth-order valence-electron chi connectivity index (χ4n) is 4.01. The van der Waals surface area contributed by atoms with E-state index in [2.05, 4.69) is 56.7 Å². The van der Waals surface area contributed by atoms with Crippen LogP contribution in [0.3, 0.4) is 0 Å². The molecule has 4 aromatic rings. The Bertz CT molecular complexity index is 1220. The van der Waals surface area contributed by atoms with Crippen molar-refractivity contribution in [3.05, 3.63) is 52.7 Å². The molecule has 0 N–H and O–H groups in total. The summed E-state index contributed by atoms with van der Waals surface area (Å²) in [5.74, 6) is 1.41. The SMILES string of the molecule is N#Cc1cc2c(nc1N1CCC(Cc3ccccc3)CC1)sc1c(Cl)nnnc12. The highest BCUT2D eigenvalue weighted by atomic mass is 35.5. The highest BCUT2D eigenvalue weighted by Gasteiger charge is 2.24. The molecule has 3 aromatic heterocycles. The van der Waals surface area contributed by atoms with E-state index in [1.54, 1.807) is 0 Å². The van der Waals surface area contributed by atoms with Crippen LogP contribution in [0.2, 0.25) is 5.15 Å². The van der Waals surface area contributed by atoms with E-state index < -0.39 is 0 Å². The van der Waals surface area contributed by atoms with Gasteiger partial charge < -0.3 is 4.90 Å². The lowest BCUT2D eigenvalue weighted by Crippen LogP contribution is -2.35. The first kappa shape index (κ1) is 18.2. The third-order valence-corrected chi connectivity index (χ3v) is 6.97. The van der Waals surface area contributed by atoms with Crippen molar-refractivity contribution >= 4 is 49.2 Å². The van der Waals surface area contributed by atoms with Crippen LogP contribution >= 0.6 is 22.9 Å². The summed E-state index contributed by atoms with van der Waals surface area (Å²) in [6.07, 6.45) is 3.28. The van der Waals surface area contributed by atoms with Crippen LogP contribution < -0.4 is 4.90 Å². The van der Waals surface area contributed by atoms with Gasteiger partial charge in [0.05, 0.1) is 10.3 Å². The molecule has 1 aliphatic rings. The first-order valence-electron chi connectivity index (χ1n) is 9.54. The number of nitrogens with zero attached hydrogens (tertiary/aromatic N) is 6. The maximum Gasteiger partial charge on any atom is 0.172 e. The van der Waals surface area contributed by atoms with Crippen LogP contribution in [0.5, 0.6) is 0 Å². The molecule has 1 aromatic carbocycles. The third kappa shape index (κ3) is 3.39. The molecular formula is C21H17ClN6S. The molecule has 0 spiro atoms. The van der Waals surface area contributed by atoms with Gasteiger partial charge in [-0.3, -0.25) is 0 Å². The second-order valence-corrected chi connectivity index (χ2v) is 8.66. The second kappa shape index (κ2) is 7.54. The number of piperidine rings is 1. The zero-order valence-corrected chi connectivity index (χ0v) is 17.1. The van der Waals surface area contributed by atoms with Crippen molar-refractivity contribution in [1.82, 2.24) is 20.4 Å². The van der Waals surface area contributed by atoms with Gasteiger partial charge in [-0.15, -0.1) is 21.5 Å². The molecule has 0 aliphatic carbocycles. The van der Waals surface area contributed by atoms with Crippen LogP contribution in [0.1, 0.15) is 24.0 Å². The Balaban J connectivity index is 1.42. The molecule has 29 heavy (non-hydrogen) atoms. The summed E-state index contributed by atoms with van der Waals surface area (Å²) in [6.45, 7) is 1.80. The normalized spacial score (nSPS) is 15.1. The lowest BCUT2D eigenvalue weighted by Gasteiger charge is -2.33. The van der Waals surface area contributed by atoms with Gasteiger partial charge in [0.15, 0.2) is 5.15 Å². The number of benzene rings is 1. The number of aromatic nitrogens is 4. The predicted octanol–water partition coefficient (Wildman–Crippen LogP) is 4.62. The smallest absolute Gasteiger partial charge is 0.172 e. The van der Waals surface area contributed by atoms with Gasteiger partial charge in [0.1, 0.15) is 22.2 Å². The van der Waals surface area contributed by atoms with Gasteiger partial charge >= 0.3 is 0 Å². The van der Waals surface area contributed by atoms with E-state index >= 15 is 0 Å². The number of rotatable bonds is 3. The first-order valence-corrected chi connectivity index (χ1v) is 10.7. The molecule has 0 saturated carbocycles. The maximum atomic E-state index is 9.73. The summed E-state index contributed by atoms with van der Waals surface area (Å²) < 4.78 is 0.756. The number of pyridine rings is 1. The Kier molecular flexibility index (Phi) is 4.74. The predicted molar refractivity (Wildman–Crippen MR) is 115 cm³/mol. The highest BCUT2D eigenvalue weighted by molar-refractivity contribution is 7.25. The van der Waals surface area contributed by atoms with Crippen molar-refractivity contribution in [3.8, 4) is 6.07 Å². The van der Waals surface area contributed by atoms with Crippen LogP contribution in [0.25, 0.3) is 20.4 Å². The standard InChI is InChI=1S/C21H17ClN6S/c22-19-18-17(25-27-26-19)16-11-15(12-23)20(24-21(16)29-18)28-8-6-14(7-9-28)10-13-4-2-1-3-5-13/h1-5,11,14H,6-10H2. The minimum absolute atomic E-state index is 0.319. The molecule has 6 nitrogen and oxygen atoms in total. The molecule has 5 rings (SSSR count). The van der Waals surface area contributed by atoms with Crippen LogP contribution in [-0.4, -0.2) is 33.5 Å². The molecule has 0 amide bonds. The van der Waals surface area contributed by atoms with Gasteiger partial charge in [-0.1, -0.05) is 41.9 Å². The fourth-order valence-corrected chi connectivity index (χ4v) is 5.22. The largest absolute Gasteiger partial charge is 0.355 e. The second-order valence-electron chi connectivity index (χ2n) is 7.30. The van der Waals surface area contributed by atoms with Gasteiger partial charge in [-0.25, -0.2) is 4.98 Å². The molecule has 0 bridgehead atoms. The summed E-state index contributed by atoms with van der Waals surface area (Å²) >= 11 is 7.61. The van der Waals surface area contributed by atoms with E-state index in [0.29, 0.717) is 22.2 Å². The van der Waals surface area contributed by atoms with Gasteiger partial charge in [0.2, 0.25) is 0 Å². The van der Waals surface area contributed by atoms with E-state index in [4.69, 9.17) is 16.6 Å². The molecule has 144 valence electrons. The Morgan fingerprint density at radius 1 is 1.17 bits per heavy atom. The van der Waals surface area contributed by atoms with Gasteiger partial charge in [-0.05, 0) is 42.0 Å². The number of fused-ring (bicyclic) bond motifs is 3.